The topological polar surface area (TPSA) is 294 Å². The van der Waals surface area contributed by atoms with Gasteiger partial charge in [-0.15, -0.1) is 10.2 Å². The number of fused-ring (bicyclic) bond motifs is 2. The number of carbonyl (C=O) groups excluding carboxylic acids is 1. The van der Waals surface area contributed by atoms with Crippen LogP contribution in [0, 0.1) is 6.92 Å². The number of hydrogen-bond donors (Lipinski definition) is 7. The van der Waals surface area contributed by atoms with E-state index in [1.54, 1.807) is 30.3 Å². The summed E-state index contributed by atoms with van der Waals surface area (Å²) < 4.78 is 101. The molecule has 0 spiro atoms. The molecule has 0 heterocycles. The van der Waals surface area contributed by atoms with Crippen molar-refractivity contribution in [1.29, 1.82) is 0 Å². The Morgan fingerprint density at radius 2 is 1.05 bits per heavy atom. The van der Waals surface area contributed by atoms with Gasteiger partial charge in [0.05, 0.1) is 16.3 Å². The minimum Gasteiger partial charge on any atom is -0.505 e. The van der Waals surface area contributed by atoms with Gasteiger partial charge in [-0.25, -0.2) is 4.79 Å². The number of aromatic hydroxyl groups is 2. The standard InChI is InChI=1S/C34H26N6O12S3/c1-18-13-24(53(44,45)46)9-12-27(18)38-40-31-29(55(50,51)52)17-20-15-23(8-11-26(20)33(31)42)36-34(43)35-22-7-10-25-19(14-22)16-28(54(47,48)49)30(32(25)41)39-37-21-5-3-2-4-6-21/h2-17,41-42H,1H3,(H2,35,36,43)(H,44,45,46)(H,47,48,49)(H,50,51,52). The van der Waals surface area contributed by atoms with Crippen LogP contribution in [0.1, 0.15) is 5.56 Å². The van der Waals surface area contributed by atoms with Crippen LogP contribution in [0.2, 0.25) is 0 Å². The van der Waals surface area contributed by atoms with Crippen LogP contribution < -0.4 is 10.6 Å². The molecule has 21 heteroatoms. The Labute approximate surface area is 311 Å². The van der Waals surface area contributed by atoms with Gasteiger partial charge in [-0.2, -0.15) is 35.5 Å². The zero-order chi connectivity index (χ0) is 39.9. The van der Waals surface area contributed by atoms with E-state index in [1.807, 2.05) is 0 Å². The monoisotopic (exact) mass is 806 g/mol. The van der Waals surface area contributed by atoms with Crippen molar-refractivity contribution >= 4 is 92.1 Å². The third kappa shape index (κ3) is 8.41. The summed E-state index contributed by atoms with van der Waals surface area (Å²) in [7, 11) is -14.4. The molecule has 0 fully saturated rings. The molecule has 0 radical (unpaired) electrons. The van der Waals surface area contributed by atoms with Crippen LogP contribution in [0.15, 0.2) is 132 Å². The fourth-order valence-corrected chi connectivity index (χ4v) is 7.23. The molecule has 0 saturated heterocycles. The fraction of sp³-hybridized carbons (Fsp3) is 0.0294. The summed E-state index contributed by atoms with van der Waals surface area (Å²) in [5.74, 6) is -1.30. The van der Waals surface area contributed by atoms with Crippen molar-refractivity contribution in [3.05, 3.63) is 103 Å². The third-order valence-electron chi connectivity index (χ3n) is 7.92. The highest BCUT2D eigenvalue weighted by Crippen LogP contribution is 2.43. The lowest BCUT2D eigenvalue weighted by atomic mass is 10.1. The van der Waals surface area contributed by atoms with Crippen LogP contribution in [0.3, 0.4) is 0 Å². The Bertz CT molecular complexity index is 2960. The Kier molecular flexibility index (Phi) is 10.1. The van der Waals surface area contributed by atoms with Gasteiger partial charge in [-0.3, -0.25) is 13.7 Å². The average molecular weight is 807 g/mol. The molecule has 18 nitrogen and oxygen atoms in total. The highest BCUT2D eigenvalue weighted by molar-refractivity contribution is 7.86. The molecule has 0 atom stereocenters. The van der Waals surface area contributed by atoms with Gasteiger partial charge in [-0.1, -0.05) is 18.2 Å². The summed E-state index contributed by atoms with van der Waals surface area (Å²) in [4.78, 5) is 11.0. The van der Waals surface area contributed by atoms with E-state index in [0.29, 0.717) is 5.69 Å². The molecular formula is C34H26N6O12S3. The van der Waals surface area contributed by atoms with E-state index in [2.05, 4.69) is 31.1 Å². The number of amides is 2. The van der Waals surface area contributed by atoms with Crippen LogP contribution in [0.5, 0.6) is 11.5 Å². The van der Waals surface area contributed by atoms with E-state index >= 15 is 0 Å². The summed E-state index contributed by atoms with van der Waals surface area (Å²) in [6.45, 7) is 1.44. The second kappa shape index (κ2) is 14.5. The molecule has 0 aliphatic heterocycles. The average Bonchev–Trinajstić information content (AvgIpc) is 3.10. The van der Waals surface area contributed by atoms with Crippen LogP contribution in [-0.4, -0.2) is 55.2 Å². The maximum Gasteiger partial charge on any atom is 0.323 e. The molecule has 0 aliphatic carbocycles. The summed E-state index contributed by atoms with van der Waals surface area (Å²) >= 11 is 0. The number of nitrogens with one attached hydrogen (secondary N) is 2. The van der Waals surface area contributed by atoms with Crippen LogP contribution >= 0.6 is 0 Å². The first-order valence-electron chi connectivity index (χ1n) is 15.4. The van der Waals surface area contributed by atoms with E-state index in [1.165, 1.54) is 49.4 Å². The number of phenolic OH excluding ortho intramolecular Hbond substituents is 2. The van der Waals surface area contributed by atoms with Crippen LogP contribution in [0.4, 0.5) is 38.9 Å². The summed E-state index contributed by atoms with van der Waals surface area (Å²) in [5, 5.41) is 42.7. The minimum absolute atomic E-state index is 0.0368. The van der Waals surface area contributed by atoms with E-state index in [9.17, 15) is 53.9 Å². The molecule has 6 aromatic carbocycles. The molecule has 7 N–H and O–H groups in total. The maximum absolute atomic E-state index is 13.0. The van der Waals surface area contributed by atoms with Crippen molar-refractivity contribution in [2.75, 3.05) is 10.6 Å². The number of azo groups is 2. The smallest absolute Gasteiger partial charge is 0.323 e. The van der Waals surface area contributed by atoms with Crippen molar-refractivity contribution in [3.63, 3.8) is 0 Å². The van der Waals surface area contributed by atoms with Crippen LogP contribution in [0.25, 0.3) is 21.5 Å². The van der Waals surface area contributed by atoms with Gasteiger partial charge in [-0.05, 0) is 102 Å². The molecule has 0 unspecified atom stereocenters. The van der Waals surface area contributed by atoms with Gasteiger partial charge in [0.2, 0.25) is 0 Å². The molecule has 0 bridgehead atoms. The Morgan fingerprint density at radius 1 is 0.564 bits per heavy atom. The quantitative estimate of drug-likeness (QED) is 0.0541. The molecule has 0 aliphatic rings. The third-order valence-corrected chi connectivity index (χ3v) is 10.5. The largest absolute Gasteiger partial charge is 0.505 e. The second-order valence-electron chi connectivity index (χ2n) is 11.7. The number of urea groups is 1. The number of rotatable bonds is 9. The normalized spacial score (nSPS) is 12.5. The number of carbonyl (C=O) groups is 1. The molecule has 0 saturated carbocycles. The van der Waals surface area contributed by atoms with Gasteiger partial charge in [0.1, 0.15) is 21.2 Å². The lowest BCUT2D eigenvalue weighted by Gasteiger charge is -2.13. The number of hydrogen-bond acceptors (Lipinski definition) is 13. The predicted molar refractivity (Wildman–Crippen MR) is 199 cm³/mol. The first-order chi connectivity index (χ1) is 25.8. The predicted octanol–water partition coefficient (Wildman–Crippen LogP) is 7.93. The number of anilines is 2. The first-order valence-corrected chi connectivity index (χ1v) is 19.7. The lowest BCUT2D eigenvalue weighted by molar-refractivity contribution is 0.262. The highest BCUT2D eigenvalue weighted by Gasteiger charge is 2.24. The summed E-state index contributed by atoms with van der Waals surface area (Å²) in [5.41, 5.74) is -0.306. The molecule has 6 rings (SSSR count). The molecular weight excluding hydrogens is 781 g/mol. The van der Waals surface area contributed by atoms with Gasteiger partial charge < -0.3 is 20.8 Å². The zero-order valence-corrected chi connectivity index (χ0v) is 30.3. The van der Waals surface area contributed by atoms with Gasteiger partial charge in [0, 0.05) is 22.1 Å². The number of phenols is 2. The molecule has 2 amide bonds. The van der Waals surface area contributed by atoms with Crippen molar-refractivity contribution in [1.82, 2.24) is 0 Å². The Hall–Kier alpha value is -6.36. The molecule has 0 aromatic heterocycles. The lowest BCUT2D eigenvalue weighted by Crippen LogP contribution is -2.19. The second-order valence-corrected chi connectivity index (χ2v) is 15.9. The number of nitrogens with zero attached hydrogens (tertiary/aromatic N) is 4. The Balaban J connectivity index is 1.27. The zero-order valence-electron chi connectivity index (χ0n) is 27.8. The molecule has 55 heavy (non-hydrogen) atoms. The number of benzene rings is 6. The summed E-state index contributed by atoms with van der Waals surface area (Å²) in [6.07, 6.45) is 0. The van der Waals surface area contributed by atoms with Gasteiger partial charge in [0.25, 0.3) is 30.4 Å². The first kappa shape index (κ1) is 38.4. The van der Waals surface area contributed by atoms with Crippen molar-refractivity contribution in [2.45, 2.75) is 21.6 Å². The van der Waals surface area contributed by atoms with Gasteiger partial charge >= 0.3 is 6.03 Å². The van der Waals surface area contributed by atoms with Crippen molar-refractivity contribution in [2.24, 2.45) is 20.5 Å². The van der Waals surface area contributed by atoms with E-state index < -0.39 is 73.9 Å². The van der Waals surface area contributed by atoms with E-state index in [-0.39, 0.29) is 44.2 Å². The summed E-state index contributed by atoms with van der Waals surface area (Å²) in [6, 6.07) is 20.8. The SMILES string of the molecule is Cc1cc(S(=O)(=O)O)ccc1N=Nc1c(S(=O)(=O)O)cc2cc(NC(=O)Nc3ccc4c(O)c(N=Nc5ccccc5)c(S(=O)(=O)O)cc4c3)ccc2c1O. The van der Waals surface area contributed by atoms with Crippen molar-refractivity contribution in [3.8, 4) is 11.5 Å². The Morgan fingerprint density at radius 3 is 1.51 bits per heavy atom. The molecule has 282 valence electrons. The van der Waals surface area contributed by atoms with Gasteiger partial charge in [0.15, 0.2) is 11.5 Å². The number of aryl methyl sites for hydroxylation is 1. The molecule has 6 aromatic rings. The highest BCUT2D eigenvalue weighted by atomic mass is 32.2. The van der Waals surface area contributed by atoms with Crippen molar-refractivity contribution < 1.29 is 53.9 Å². The fourth-order valence-electron chi connectivity index (χ4n) is 5.35. The maximum atomic E-state index is 13.0. The minimum atomic E-state index is -5.03. The van der Waals surface area contributed by atoms with E-state index in [4.69, 9.17) is 0 Å². The van der Waals surface area contributed by atoms with Crippen LogP contribution in [-0.2, 0) is 30.4 Å². The van der Waals surface area contributed by atoms with E-state index in [0.717, 1.165) is 24.3 Å².